The maximum Gasteiger partial charge on any atom is 0.252 e. The number of fused-ring (bicyclic) bond motifs is 1. The molecule has 4 heteroatoms. The van der Waals surface area contributed by atoms with Crippen LogP contribution >= 0.6 is 0 Å². The molecular formula is C22H27N3O. The average molecular weight is 349 g/mol. The lowest BCUT2D eigenvalue weighted by molar-refractivity contribution is 0.0952. The number of carbonyl (C=O) groups is 1. The van der Waals surface area contributed by atoms with Crippen molar-refractivity contribution in [1.29, 1.82) is 0 Å². The van der Waals surface area contributed by atoms with Crippen molar-refractivity contribution in [3.8, 4) is 0 Å². The number of nitrogens with one attached hydrogen (secondary N) is 1. The smallest absolute Gasteiger partial charge is 0.252 e. The molecule has 1 aliphatic heterocycles. The van der Waals surface area contributed by atoms with Crippen LogP contribution in [0.3, 0.4) is 0 Å². The molecule has 3 fully saturated rings. The second-order valence-corrected chi connectivity index (χ2v) is 8.24. The van der Waals surface area contributed by atoms with Crippen molar-refractivity contribution in [3.05, 3.63) is 35.9 Å². The van der Waals surface area contributed by atoms with Gasteiger partial charge in [-0.15, -0.1) is 0 Å². The Kier molecular flexibility index (Phi) is 4.07. The van der Waals surface area contributed by atoms with Gasteiger partial charge in [0.25, 0.3) is 5.91 Å². The number of pyridine rings is 1. The van der Waals surface area contributed by atoms with Gasteiger partial charge in [0.2, 0.25) is 0 Å². The summed E-state index contributed by atoms with van der Waals surface area (Å²) in [5, 5.41) is 4.13. The van der Waals surface area contributed by atoms with Gasteiger partial charge in [-0.05, 0) is 56.6 Å². The molecule has 2 heterocycles. The molecule has 1 atom stereocenters. The Morgan fingerprint density at radius 3 is 2.65 bits per heavy atom. The van der Waals surface area contributed by atoms with Crippen LogP contribution < -0.4 is 10.2 Å². The molecule has 2 saturated carbocycles. The Hall–Kier alpha value is -2.10. The van der Waals surface area contributed by atoms with Gasteiger partial charge >= 0.3 is 0 Å². The van der Waals surface area contributed by atoms with Gasteiger partial charge in [0, 0.05) is 24.0 Å². The minimum Gasteiger partial charge on any atom is -0.353 e. The summed E-state index contributed by atoms with van der Waals surface area (Å²) in [6.07, 6.45) is 10.2. The van der Waals surface area contributed by atoms with Gasteiger partial charge in [-0.1, -0.05) is 31.0 Å². The molecular weight excluding hydrogens is 322 g/mol. The minimum absolute atomic E-state index is 0.0592. The fourth-order valence-corrected chi connectivity index (χ4v) is 4.90. The highest BCUT2D eigenvalue weighted by molar-refractivity contribution is 6.07. The molecule has 2 aromatic rings. The lowest BCUT2D eigenvalue weighted by atomic mass is 9.96. The van der Waals surface area contributed by atoms with E-state index in [9.17, 15) is 4.79 Å². The highest BCUT2D eigenvalue weighted by Crippen LogP contribution is 2.38. The number of para-hydroxylation sites is 1. The van der Waals surface area contributed by atoms with Gasteiger partial charge in [0.05, 0.1) is 11.1 Å². The van der Waals surface area contributed by atoms with E-state index < -0.39 is 0 Å². The van der Waals surface area contributed by atoms with E-state index in [-0.39, 0.29) is 5.91 Å². The molecule has 3 aliphatic rings. The zero-order valence-corrected chi connectivity index (χ0v) is 15.3. The summed E-state index contributed by atoms with van der Waals surface area (Å²) in [7, 11) is 0. The predicted octanol–water partition coefficient (Wildman–Crippen LogP) is 4.29. The fourth-order valence-electron chi connectivity index (χ4n) is 4.90. The number of amides is 1. The molecule has 1 aromatic carbocycles. The molecule has 1 aromatic heterocycles. The van der Waals surface area contributed by atoms with Gasteiger partial charge in [0.15, 0.2) is 0 Å². The van der Waals surface area contributed by atoms with Gasteiger partial charge in [-0.2, -0.15) is 0 Å². The van der Waals surface area contributed by atoms with Crippen molar-refractivity contribution in [2.75, 3.05) is 11.4 Å². The first kappa shape index (κ1) is 16.1. The normalized spacial score (nSPS) is 23.7. The van der Waals surface area contributed by atoms with Crippen LogP contribution in [0.15, 0.2) is 30.3 Å². The summed E-state index contributed by atoms with van der Waals surface area (Å²) >= 11 is 0. The number of carbonyl (C=O) groups excluding carboxylic acids is 1. The van der Waals surface area contributed by atoms with E-state index >= 15 is 0 Å². The molecule has 1 unspecified atom stereocenters. The SMILES string of the molecule is O=C(NC1CC1)c1cc(N2CCCC2C2CCCC2)nc2ccccc12. The van der Waals surface area contributed by atoms with Crippen LogP contribution in [0.25, 0.3) is 10.9 Å². The van der Waals surface area contributed by atoms with Gasteiger partial charge in [0.1, 0.15) is 5.82 Å². The fraction of sp³-hybridized carbons (Fsp3) is 0.545. The Bertz CT molecular complexity index is 823. The van der Waals surface area contributed by atoms with E-state index in [1.807, 2.05) is 30.3 Å². The van der Waals surface area contributed by atoms with Crippen molar-refractivity contribution in [2.24, 2.45) is 5.92 Å². The van der Waals surface area contributed by atoms with E-state index in [2.05, 4.69) is 10.2 Å². The number of anilines is 1. The summed E-state index contributed by atoms with van der Waals surface area (Å²) in [5.41, 5.74) is 1.72. The maximum atomic E-state index is 12.9. The monoisotopic (exact) mass is 349 g/mol. The molecule has 0 spiro atoms. The van der Waals surface area contributed by atoms with Crippen LogP contribution in [0.5, 0.6) is 0 Å². The number of aromatic nitrogens is 1. The molecule has 0 radical (unpaired) electrons. The molecule has 5 rings (SSSR count). The first-order valence-corrected chi connectivity index (χ1v) is 10.3. The second-order valence-electron chi connectivity index (χ2n) is 8.24. The summed E-state index contributed by atoms with van der Waals surface area (Å²) < 4.78 is 0. The van der Waals surface area contributed by atoms with Crippen molar-refractivity contribution >= 4 is 22.6 Å². The van der Waals surface area contributed by atoms with Crippen LogP contribution in [0, 0.1) is 5.92 Å². The van der Waals surface area contributed by atoms with E-state index in [0.717, 1.165) is 47.6 Å². The molecule has 1 saturated heterocycles. The Labute approximate surface area is 155 Å². The van der Waals surface area contributed by atoms with Crippen LogP contribution in [0.4, 0.5) is 5.82 Å². The molecule has 2 aliphatic carbocycles. The third-order valence-corrected chi connectivity index (χ3v) is 6.40. The van der Waals surface area contributed by atoms with Crippen molar-refractivity contribution in [3.63, 3.8) is 0 Å². The van der Waals surface area contributed by atoms with E-state index in [4.69, 9.17) is 4.98 Å². The summed E-state index contributed by atoms with van der Waals surface area (Å²) in [4.78, 5) is 20.3. The molecule has 1 amide bonds. The highest BCUT2D eigenvalue weighted by Gasteiger charge is 2.34. The molecule has 4 nitrogen and oxygen atoms in total. The lowest BCUT2D eigenvalue weighted by Crippen LogP contribution is -2.35. The Morgan fingerprint density at radius 2 is 1.85 bits per heavy atom. The number of rotatable bonds is 4. The molecule has 136 valence electrons. The van der Waals surface area contributed by atoms with Crippen LogP contribution in [-0.4, -0.2) is 29.5 Å². The summed E-state index contributed by atoms with van der Waals surface area (Å²) in [6, 6.07) is 11.1. The van der Waals surface area contributed by atoms with Crippen molar-refractivity contribution in [1.82, 2.24) is 10.3 Å². The van der Waals surface area contributed by atoms with Crippen molar-refractivity contribution in [2.45, 2.75) is 63.5 Å². The van der Waals surface area contributed by atoms with E-state index in [1.54, 1.807) is 0 Å². The number of benzene rings is 1. The number of nitrogens with zero attached hydrogens (tertiary/aromatic N) is 2. The van der Waals surface area contributed by atoms with Gasteiger partial charge < -0.3 is 10.2 Å². The first-order chi connectivity index (χ1) is 12.8. The summed E-state index contributed by atoms with van der Waals surface area (Å²) in [6.45, 7) is 1.07. The van der Waals surface area contributed by atoms with Gasteiger partial charge in [-0.25, -0.2) is 4.98 Å². The maximum absolute atomic E-state index is 12.9. The number of hydrogen-bond donors (Lipinski definition) is 1. The molecule has 1 N–H and O–H groups in total. The number of hydrogen-bond acceptors (Lipinski definition) is 3. The predicted molar refractivity (Wildman–Crippen MR) is 105 cm³/mol. The molecule has 26 heavy (non-hydrogen) atoms. The van der Waals surface area contributed by atoms with Gasteiger partial charge in [-0.3, -0.25) is 4.79 Å². The van der Waals surface area contributed by atoms with Crippen LogP contribution in [0.1, 0.15) is 61.7 Å². The highest BCUT2D eigenvalue weighted by atomic mass is 16.1. The van der Waals surface area contributed by atoms with Crippen molar-refractivity contribution < 1.29 is 4.79 Å². The lowest BCUT2D eigenvalue weighted by Gasteiger charge is -2.31. The Balaban J connectivity index is 1.53. The van der Waals surface area contributed by atoms with Crippen LogP contribution in [-0.2, 0) is 0 Å². The van der Waals surface area contributed by atoms with E-state index in [0.29, 0.717) is 12.1 Å². The van der Waals surface area contributed by atoms with E-state index in [1.165, 1.54) is 38.5 Å². The largest absolute Gasteiger partial charge is 0.353 e. The second kappa shape index (κ2) is 6.57. The minimum atomic E-state index is 0.0592. The topological polar surface area (TPSA) is 45.2 Å². The summed E-state index contributed by atoms with van der Waals surface area (Å²) in [5.74, 6) is 1.86. The third kappa shape index (κ3) is 2.95. The Morgan fingerprint density at radius 1 is 1.04 bits per heavy atom. The third-order valence-electron chi connectivity index (χ3n) is 6.40. The van der Waals surface area contributed by atoms with Crippen LogP contribution in [0.2, 0.25) is 0 Å². The standard InChI is InChI=1S/C22H27N3O/c26-22(23-16-11-12-16)18-14-21(24-19-9-4-3-8-17(18)19)25-13-5-10-20(25)15-6-1-2-7-15/h3-4,8-9,14-16,20H,1-2,5-7,10-13H2,(H,23,26). The first-order valence-electron chi connectivity index (χ1n) is 10.3. The molecule has 0 bridgehead atoms. The average Bonchev–Trinajstić information content (AvgIpc) is 3.14. The zero-order chi connectivity index (χ0) is 17.5. The zero-order valence-electron chi connectivity index (χ0n) is 15.3. The quantitative estimate of drug-likeness (QED) is 0.896.